The molecule has 0 aromatic heterocycles. The van der Waals surface area contributed by atoms with Crippen LogP contribution in [0.3, 0.4) is 0 Å². The summed E-state index contributed by atoms with van der Waals surface area (Å²) in [5.41, 5.74) is 2.15. The topological polar surface area (TPSA) is 75.7 Å². The number of sulfonamides is 1. The number of ether oxygens (including phenoxy) is 1. The number of rotatable bonds is 5. The molecule has 0 bridgehead atoms. The molecule has 154 valence electrons. The standard InChI is InChI=1S/C22H26N2O4S/c1-15-13-17-14-21(11-12-22(17)24(15)16(2)25)29(26,27)23-18-7-9-20(10-8-18)28-19-5-3-4-6-19/h7-12,14-15,19,23H,3-6,13H2,1-2H3. The molecule has 0 saturated heterocycles. The van der Waals surface area contributed by atoms with Crippen molar-refractivity contribution in [3.63, 3.8) is 0 Å². The van der Waals surface area contributed by atoms with E-state index in [1.807, 2.05) is 6.92 Å². The van der Waals surface area contributed by atoms with Crippen molar-refractivity contribution in [2.45, 2.75) is 63.0 Å². The van der Waals surface area contributed by atoms with Gasteiger partial charge in [-0.3, -0.25) is 9.52 Å². The van der Waals surface area contributed by atoms with Crippen molar-refractivity contribution in [2.75, 3.05) is 9.62 Å². The van der Waals surface area contributed by atoms with Gasteiger partial charge in [-0.1, -0.05) is 0 Å². The average molecular weight is 415 g/mol. The van der Waals surface area contributed by atoms with Gasteiger partial charge in [0.2, 0.25) is 5.91 Å². The average Bonchev–Trinajstić information content (AvgIpc) is 3.28. The summed E-state index contributed by atoms with van der Waals surface area (Å²) >= 11 is 0. The van der Waals surface area contributed by atoms with Gasteiger partial charge < -0.3 is 9.64 Å². The van der Waals surface area contributed by atoms with E-state index in [2.05, 4.69) is 4.72 Å². The molecule has 1 saturated carbocycles. The Bertz CT molecular complexity index is 1010. The van der Waals surface area contributed by atoms with Crippen LogP contribution < -0.4 is 14.4 Å². The third kappa shape index (κ3) is 4.10. The molecule has 2 aromatic rings. The predicted molar refractivity (Wildman–Crippen MR) is 113 cm³/mol. The predicted octanol–water partition coefficient (Wildman–Crippen LogP) is 4.11. The van der Waals surface area contributed by atoms with E-state index in [0.29, 0.717) is 12.1 Å². The van der Waals surface area contributed by atoms with E-state index in [1.54, 1.807) is 47.4 Å². The summed E-state index contributed by atoms with van der Waals surface area (Å²) in [6.45, 7) is 3.49. The van der Waals surface area contributed by atoms with Gasteiger partial charge in [0.15, 0.2) is 0 Å². The first kappa shape index (κ1) is 19.8. The Kier molecular flexibility index (Phi) is 5.25. The lowest BCUT2D eigenvalue weighted by molar-refractivity contribution is -0.116. The van der Waals surface area contributed by atoms with Gasteiger partial charge >= 0.3 is 0 Å². The van der Waals surface area contributed by atoms with Crippen LogP contribution in [0.1, 0.15) is 45.1 Å². The second kappa shape index (κ2) is 7.71. The van der Waals surface area contributed by atoms with E-state index in [9.17, 15) is 13.2 Å². The lowest BCUT2D eigenvalue weighted by atomic mass is 10.1. The minimum atomic E-state index is -3.72. The molecule has 1 atom stereocenters. The van der Waals surface area contributed by atoms with Crippen LogP contribution in [-0.4, -0.2) is 26.5 Å². The highest BCUT2D eigenvalue weighted by Gasteiger charge is 2.30. The Morgan fingerprint density at radius 3 is 2.45 bits per heavy atom. The molecule has 0 radical (unpaired) electrons. The van der Waals surface area contributed by atoms with Gasteiger partial charge in [-0.15, -0.1) is 0 Å². The molecule has 2 aromatic carbocycles. The van der Waals surface area contributed by atoms with E-state index >= 15 is 0 Å². The number of carbonyl (C=O) groups excluding carboxylic acids is 1. The Hall–Kier alpha value is -2.54. The number of nitrogens with zero attached hydrogens (tertiary/aromatic N) is 1. The molecule has 1 unspecified atom stereocenters. The highest BCUT2D eigenvalue weighted by Crippen LogP contribution is 2.34. The first-order chi connectivity index (χ1) is 13.8. The van der Waals surface area contributed by atoms with Crippen LogP contribution in [0.2, 0.25) is 0 Å². The van der Waals surface area contributed by atoms with Gasteiger partial charge in [-0.2, -0.15) is 0 Å². The van der Waals surface area contributed by atoms with Gasteiger partial charge in [0.25, 0.3) is 10.0 Å². The fourth-order valence-corrected chi connectivity index (χ4v) is 5.38. The van der Waals surface area contributed by atoms with Crippen LogP contribution in [0, 0.1) is 0 Å². The first-order valence-corrected chi connectivity index (χ1v) is 11.5. The number of benzene rings is 2. The van der Waals surface area contributed by atoms with Crippen LogP contribution in [-0.2, 0) is 21.2 Å². The summed E-state index contributed by atoms with van der Waals surface area (Å²) < 4.78 is 34.2. The summed E-state index contributed by atoms with van der Waals surface area (Å²) in [5.74, 6) is 0.723. The van der Waals surface area contributed by atoms with Crippen LogP contribution in [0.5, 0.6) is 5.75 Å². The second-order valence-corrected chi connectivity index (χ2v) is 9.57. The maximum absolute atomic E-state index is 12.8. The zero-order chi connectivity index (χ0) is 20.6. The summed E-state index contributed by atoms with van der Waals surface area (Å²) in [7, 11) is -3.72. The third-order valence-corrected chi connectivity index (χ3v) is 7.01. The number of fused-ring (bicyclic) bond motifs is 1. The van der Waals surface area contributed by atoms with Crippen LogP contribution in [0.15, 0.2) is 47.4 Å². The van der Waals surface area contributed by atoms with Crippen molar-refractivity contribution >= 4 is 27.3 Å². The Morgan fingerprint density at radius 1 is 1.10 bits per heavy atom. The smallest absolute Gasteiger partial charge is 0.261 e. The van der Waals surface area contributed by atoms with Gasteiger partial charge in [0, 0.05) is 24.3 Å². The minimum Gasteiger partial charge on any atom is -0.490 e. The summed E-state index contributed by atoms with van der Waals surface area (Å²) in [6, 6.07) is 12.0. The van der Waals surface area contributed by atoms with E-state index in [-0.39, 0.29) is 22.9 Å². The lowest BCUT2D eigenvalue weighted by Crippen LogP contribution is -2.33. The number of hydrogen-bond acceptors (Lipinski definition) is 4. The monoisotopic (exact) mass is 414 g/mol. The highest BCUT2D eigenvalue weighted by atomic mass is 32.2. The lowest BCUT2D eigenvalue weighted by Gasteiger charge is -2.20. The maximum Gasteiger partial charge on any atom is 0.261 e. The molecule has 1 amide bonds. The van der Waals surface area contributed by atoms with Gasteiger partial charge in [-0.25, -0.2) is 8.42 Å². The molecule has 1 N–H and O–H groups in total. The number of hydrogen-bond donors (Lipinski definition) is 1. The minimum absolute atomic E-state index is 0.0285. The summed E-state index contributed by atoms with van der Waals surface area (Å²) in [6.07, 6.45) is 5.46. The third-order valence-electron chi connectivity index (χ3n) is 5.63. The molecule has 1 heterocycles. The van der Waals surface area contributed by atoms with Crippen molar-refractivity contribution in [3.05, 3.63) is 48.0 Å². The van der Waals surface area contributed by atoms with E-state index in [1.165, 1.54) is 19.8 Å². The number of nitrogens with one attached hydrogen (secondary N) is 1. The summed E-state index contributed by atoms with van der Waals surface area (Å²) in [5, 5.41) is 0. The molecule has 29 heavy (non-hydrogen) atoms. The Morgan fingerprint density at radius 2 is 1.79 bits per heavy atom. The normalized spacial score (nSPS) is 19.2. The van der Waals surface area contributed by atoms with Crippen LogP contribution >= 0.6 is 0 Å². The van der Waals surface area contributed by atoms with Gasteiger partial charge in [0.1, 0.15) is 5.75 Å². The van der Waals surface area contributed by atoms with Crippen LogP contribution in [0.25, 0.3) is 0 Å². The van der Waals surface area contributed by atoms with Crippen molar-refractivity contribution in [1.82, 2.24) is 0 Å². The zero-order valence-electron chi connectivity index (χ0n) is 16.7. The Labute approximate surface area is 171 Å². The van der Waals surface area contributed by atoms with E-state index < -0.39 is 10.0 Å². The zero-order valence-corrected chi connectivity index (χ0v) is 17.5. The van der Waals surface area contributed by atoms with Gasteiger partial charge in [-0.05, 0) is 87.1 Å². The largest absolute Gasteiger partial charge is 0.490 e. The molecule has 1 aliphatic carbocycles. The fourth-order valence-electron chi connectivity index (χ4n) is 4.27. The molecule has 7 heteroatoms. The van der Waals surface area contributed by atoms with Crippen LogP contribution in [0.4, 0.5) is 11.4 Å². The summed E-state index contributed by atoms with van der Waals surface area (Å²) in [4.78, 5) is 13.8. The molecular weight excluding hydrogens is 388 g/mol. The second-order valence-electron chi connectivity index (χ2n) is 7.89. The van der Waals surface area contributed by atoms with Crippen molar-refractivity contribution < 1.29 is 17.9 Å². The molecule has 1 fully saturated rings. The molecular formula is C22H26N2O4S. The molecule has 4 rings (SSSR count). The highest BCUT2D eigenvalue weighted by molar-refractivity contribution is 7.92. The SMILES string of the molecule is CC(=O)N1c2ccc(S(=O)(=O)Nc3ccc(OC4CCCC4)cc3)cc2CC1C. The van der Waals surface area contributed by atoms with Crippen molar-refractivity contribution in [2.24, 2.45) is 0 Å². The molecule has 6 nitrogen and oxygen atoms in total. The van der Waals surface area contributed by atoms with Crippen molar-refractivity contribution in [3.8, 4) is 5.75 Å². The maximum atomic E-state index is 12.8. The van der Waals surface area contributed by atoms with E-state index in [0.717, 1.165) is 29.8 Å². The molecule has 2 aliphatic rings. The van der Waals surface area contributed by atoms with Gasteiger partial charge in [0.05, 0.1) is 11.0 Å². The molecule has 1 aliphatic heterocycles. The fraction of sp³-hybridized carbons (Fsp3) is 0.409. The molecule has 0 spiro atoms. The quantitative estimate of drug-likeness (QED) is 0.799. The van der Waals surface area contributed by atoms with E-state index in [4.69, 9.17) is 4.74 Å². The first-order valence-electron chi connectivity index (χ1n) is 10.1. The van der Waals surface area contributed by atoms with Crippen molar-refractivity contribution in [1.29, 1.82) is 0 Å². The number of anilines is 2. The number of amides is 1. The Balaban J connectivity index is 1.49. The number of carbonyl (C=O) groups is 1.